The average molecular weight is 244 g/mol. The van der Waals surface area contributed by atoms with E-state index < -0.39 is 18.3 Å². The van der Waals surface area contributed by atoms with Gasteiger partial charge in [-0.05, 0) is 30.2 Å². The number of alkyl halides is 2. The Balaban J connectivity index is 3.10. The van der Waals surface area contributed by atoms with Crippen LogP contribution in [0.4, 0.5) is 8.78 Å². The third-order valence-corrected chi connectivity index (χ3v) is 2.46. The van der Waals surface area contributed by atoms with Crippen molar-refractivity contribution in [1.82, 2.24) is 0 Å². The molecule has 17 heavy (non-hydrogen) atoms. The van der Waals surface area contributed by atoms with Crippen molar-refractivity contribution in [3.63, 3.8) is 0 Å². The fraction of sp³-hybridized carbons (Fsp3) is 0.417. The van der Waals surface area contributed by atoms with Gasteiger partial charge >= 0.3 is 5.97 Å². The quantitative estimate of drug-likeness (QED) is 0.866. The van der Waals surface area contributed by atoms with Crippen molar-refractivity contribution in [3.05, 3.63) is 29.3 Å². The van der Waals surface area contributed by atoms with Crippen molar-refractivity contribution in [3.8, 4) is 5.75 Å². The van der Waals surface area contributed by atoms with Gasteiger partial charge in [0, 0.05) is 5.56 Å². The Morgan fingerprint density at radius 3 is 2.59 bits per heavy atom. The summed E-state index contributed by atoms with van der Waals surface area (Å²) in [5, 5.41) is 8.43. The van der Waals surface area contributed by atoms with Crippen LogP contribution in [0.25, 0.3) is 0 Å². The maximum atomic E-state index is 13.5. The molecule has 94 valence electrons. The number of aliphatic carboxylic acids is 1. The first kappa shape index (κ1) is 13.4. The molecule has 0 aliphatic heterocycles. The molecule has 1 aromatic rings. The van der Waals surface area contributed by atoms with Crippen molar-refractivity contribution >= 4 is 5.97 Å². The summed E-state index contributed by atoms with van der Waals surface area (Å²) in [4.78, 5) is 10.4. The van der Waals surface area contributed by atoms with E-state index in [0.29, 0.717) is 17.7 Å². The number of halogens is 2. The summed E-state index contributed by atoms with van der Waals surface area (Å²) in [7, 11) is 1.46. The van der Waals surface area contributed by atoms with E-state index in [1.165, 1.54) is 25.3 Å². The Bertz CT molecular complexity index is 416. The van der Waals surface area contributed by atoms with E-state index in [9.17, 15) is 13.6 Å². The van der Waals surface area contributed by atoms with Crippen molar-refractivity contribution in [1.29, 1.82) is 0 Å². The summed E-state index contributed by atoms with van der Waals surface area (Å²) in [5.74, 6) is -4.35. The standard InChI is InChI=1S/C12H14F2O3/c1-3-8-6-9(4-5-10(8)17-2)12(13,14)7-11(15)16/h4-6H,3,7H2,1-2H3,(H,15,16). The number of hydrogen-bond donors (Lipinski definition) is 1. The van der Waals surface area contributed by atoms with E-state index >= 15 is 0 Å². The average Bonchev–Trinajstić information content (AvgIpc) is 2.26. The lowest BCUT2D eigenvalue weighted by molar-refractivity contribution is -0.145. The molecular weight excluding hydrogens is 230 g/mol. The molecule has 3 nitrogen and oxygen atoms in total. The molecule has 0 bridgehead atoms. The van der Waals surface area contributed by atoms with Crippen molar-refractivity contribution < 1.29 is 23.4 Å². The van der Waals surface area contributed by atoms with E-state index in [2.05, 4.69) is 0 Å². The molecule has 0 aliphatic carbocycles. The Morgan fingerprint density at radius 1 is 1.47 bits per heavy atom. The van der Waals surface area contributed by atoms with Gasteiger partial charge in [0.1, 0.15) is 12.2 Å². The van der Waals surface area contributed by atoms with Gasteiger partial charge < -0.3 is 9.84 Å². The van der Waals surface area contributed by atoms with Crippen LogP contribution in [0.2, 0.25) is 0 Å². The lowest BCUT2D eigenvalue weighted by Crippen LogP contribution is -2.18. The highest BCUT2D eigenvalue weighted by molar-refractivity contribution is 5.68. The Labute approximate surface area is 98.0 Å². The third kappa shape index (κ3) is 3.15. The molecule has 0 saturated carbocycles. The van der Waals surface area contributed by atoms with Crippen molar-refractivity contribution in [2.75, 3.05) is 7.11 Å². The van der Waals surface area contributed by atoms with Gasteiger partial charge in [-0.1, -0.05) is 6.92 Å². The smallest absolute Gasteiger partial charge is 0.309 e. The summed E-state index contributed by atoms with van der Waals surface area (Å²) in [5.41, 5.74) is 0.340. The van der Waals surface area contributed by atoms with Crippen LogP contribution in [0.5, 0.6) is 5.75 Å². The molecule has 0 heterocycles. The van der Waals surface area contributed by atoms with E-state index in [4.69, 9.17) is 9.84 Å². The van der Waals surface area contributed by atoms with Crippen molar-refractivity contribution in [2.24, 2.45) is 0 Å². The molecule has 1 rings (SSSR count). The number of benzene rings is 1. The molecule has 1 N–H and O–H groups in total. The van der Waals surface area contributed by atoms with Gasteiger partial charge in [0.05, 0.1) is 7.11 Å². The first-order chi connectivity index (χ1) is 7.90. The minimum absolute atomic E-state index is 0.294. The molecule has 0 aliphatic rings. The number of rotatable bonds is 5. The molecule has 0 amide bonds. The van der Waals surface area contributed by atoms with Gasteiger partial charge in [-0.3, -0.25) is 4.79 Å². The monoisotopic (exact) mass is 244 g/mol. The Kier molecular flexibility index (Phi) is 4.04. The normalized spacial score (nSPS) is 11.3. The van der Waals surface area contributed by atoms with Gasteiger partial charge in [-0.25, -0.2) is 8.78 Å². The summed E-state index contributed by atoms with van der Waals surface area (Å²) in [6.45, 7) is 1.82. The highest BCUT2D eigenvalue weighted by atomic mass is 19.3. The molecule has 0 aromatic heterocycles. The predicted molar refractivity (Wildman–Crippen MR) is 58.5 cm³/mol. The third-order valence-electron chi connectivity index (χ3n) is 2.46. The number of ether oxygens (including phenoxy) is 1. The van der Waals surface area contributed by atoms with Crippen LogP contribution < -0.4 is 4.74 Å². The molecule has 0 spiro atoms. The predicted octanol–water partition coefficient (Wildman–Crippen LogP) is 2.82. The second-order valence-electron chi connectivity index (χ2n) is 3.66. The molecular formula is C12H14F2O3. The number of aryl methyl sites for hydroxylation is 1. The minimum Gasteiger partial charge on any atom is -0.496 e. The van der Waals surface area contributed by atoms with Gasteiger partial charge in [0.2, 0.25) is 0 Å². The first-order valence-corrected chi connectivity index (χ1v) is 5.17. The first-order valence-electron chi connectivity index (χ1n) is 5.17. The molecule has 0 fully saturated rings. The maximum absolute atomic E-state index is 13.5. The molecule has 0 atom stereocenters. The number of methoxy groups -OCH3 is 1. The van der Waals surface area contributed by atoms with E-state index in [-0.39, 0.29) is 5.56 Å². The second-order valence-corrected chi connectivity index (χ2v) is 3.66. The molecule has 0 saturated heterocycles. The second kappa shape index (κ2) is 5.12. The minimum atomic E-state index is -3.36. The summed E-state index contributed by atoms with van der Waals surface area (Å²) in [6.07, 6.45) is -0.664. The Morgan fingerprint density at radius 2 is 2.12 bits per heavy atom. The van der Waals surface area contributed by atoms with E-state index in [1.807, 2.05) is 6.92 Å². The number of hydrogen-bond acceptors (Lipinski definition) is 2. The summed E-state index contributed by atoms with van der Waals surface area (Å²) >= 11 is 0. The molecule has 0 unspecified atom stereocenters. The van der Waals surface area contributed by atoms with E-state index in [1.54, 1.807) is 0 Å². The van der Waals surface area contributed by atoms with Gasteiger partial charge in [-0.2, -0.15) is 0 Å². The van der Waals surface area contributed by atoms with Crippen LogP contribution in [0.3, 0.4) is 0 Å². The van der Waals surface area contributed by atoms with Crippen LogP contribution in [-0.2, 0) is 17.1 Å². The summed E-state index contributed by atoms with van der Waals surface area (Å²) < 4.78 is 32.1. The lowest BCUT2D eigenvalue weighted by atomic mass is 10.0. The van der Waals surface area contributed by atoms with Crippen LogP contribution >= 0.6 is 0 Å². The maximum Gasteiger partial charge on any atom is 0.309 e. The Hall–Kier alpha value is -1.65. The zero-order valence-electron chi connectivity index (χ0n) is 9.67. The SMILES string of the molecule is CCc1cc(C(F)(F)CC(=O)O)ccc1OC. The lowest BCUT2D eigenvalue weighted by Gasteiger charge is -2.16. The fourth-order valence-electron chi connectivity index (χ4n) is 1.57. The molecule has 0 radical (unpaired) electrons. The van der Waals surface area contributed by atoms with Crippen LogP contribution in [0, 0.1) is 0 Å². The fourth-order valence-corrected chi connectivity index (χ4v) is 1.57. The number of carbonyl (C=O) groups is 1. The van der Waals surface area contributed by atoms with Crippen LogP contribution in [0.15, 0.2) is 18.2 Å². The zero-order valence-corrected chi connectivity index (χ0v) is 9.67. The van der Waals surface area contributed by atoms with Crippen molar-refractivity contribution in [2.45, 2.75) is 25.7 Å². The van der Waals surface area contributed by atoms with E-state index in [0.717, 1.165) is 0 Å². The topological polar surface area (TPSA) is 46.5 Å². The van der Waals surface area contributed by atoms with Crippen LogP contribution in [0.1, 0.15) is 24.5 Å². The highest BCUT2D eigenvalue weighted by Crippen LogP contribution is 2.34. The van der Waals surface area contributed by atoms with Crippen LogP contribution in [-0.4, -0.2) is 18.2 Å². The largest absolute Gasteiger partial charge is 0.496 e. The number of carboxylic acids is 1. The summed E-state index contributed by atoms with van der Waals surface area (Å²) in [6, 6.07) is 3.92. The van der Waals surface area contributed by atoms with Gasteiger partial charge in [-0.15, -0.1) is 0 Å². The number of carboxylic acid groups (broad SMARTS) is 1. The zero-order chi connectivity index (χ0) is 13.1. The van der Waals surface area contributed by atoms with Gasteiger partial charge in [0.25, 0.3) is 5.92 Å². The van der Waals surface area contributed by atoms with Gasteiger partial charge in [0.15, 0.2) is 0 Å². The molecule has 1 aromatic carbocycles. The highest BCUT2D eigenvalue weighted by Gasteiger charge is 2.34. The molecule has 5 heteroatoms.